The number of methoxy groups -OCH3 is 2. The number of rotatable bonds is 6. The summed E-state index contributed by atoms with van der Waals surface area (Å²) in [4.78, 5) is 26.1. The van der Waals surface area contributed by atoms with Crippen molar-refractivity contribution in [3.8, 4) is 11.5 Å². The second-order valence-electron chi connectivity index (χ2n) is 8.31. The van der Waals surface area contributed by atoms with Crippen LogP contribution in [0.4, 0.5) is 0 Å². The maximum atomic E-state index is 13.9. The molecular formula is C26H23N3O5. The number of ether oxygens (including phenoxy) is 2. The third kappa shape index (κ3) is 3.48. The van der Waals surface area contributed by atoms with E-state index in [4.69, 9.17) is 9.47 Å². The number of ketones is 1. The average Bonchev–Trinajstić information content (AvgIpc) is 3.24. The van der Waals surface area contributed by atoms with Gasteiger partial charge in [0.2, 0.25) is 6.04 Å². The number of hydrogen-bond acceptors (Lipinski definition) is 7. The van der Waals surface area contributed by atoms with Gasteiger partial charge in [0.05, 0.1) is 26.4 Å². The highest BCUT2D eigenvalue weighted by Crippen LogP contribution is 2.49. The highest BCUT2D eigenvalue weighted by Gasteiger charge is 2.60. The van der Waals surface area contributed by atoms with E-state index >= 15 is 0 Å². The van der Waals surface area contributed by atoms with Crippen molar-refractivity contribution in [2.45, 2.75) is 24.0 Å². The summed E-state index contributed by atoms with van der Waals surface area (Å²) in [7, 11) is 3.12. The number of benzene rings is 3. The summed E-state index contributed by atoms with van der Waals surface area (Å²) in [5.74, 6) is 0.317. The van der Waals surface area contributed by atoms with E-state index in [-0.39, 0.29) is 10.7 Å². The fraction of sp³-hybridized carbons (Fsp3) is 0.231. The van der Waals surface area contributed by atoms with Crippen LogP contribution in [0.2, 0.25) is 0 Å². The molecule has 1 saturated heterocycles. The largest absolute Gasteiger partial charge is 0.497 e. The Labute approximate surface area is 196 Å². The lowest BCUT2D eigenvalue weighted by Crippen LogP contribution is -2.38. The number of nitro groups is 1. The number of hydrazone groups is 1. The molecule has 0 unspecified atom stereocenters. The van der Waals surface area contributed by atoms with Gasteiger partial charge in [-0.05, 0) is 47.5 Å². The molecule has 2 heterocycles. The topological polar surface area (TPSA) is 94.3 Å². The van der Waals surface area contributed by atoms with Crippen LogP contribution in [0.3, 0.4) is 0 Å². The zero-order valence-electron chi connectivity index (χ0n) is 18.7. The third-order valence-electron chi connectivity index (χ3n) is 6.63. The average molecular weight is 457 g/mol. The zero-order chi connectivity index (χ0) is 23.8. The van der Waals surface area contributed by atoms with Gasteiger partial charge in [-0.15, -0.1) is 0 Å². The Morgan fingerprint density at radius 2 is 1.56 bits per heavy atom. The zero-order valence-corrected chi connectivity index (χ0v) is 18.7. The Kier molecular flexibility index (Phi) is 5.49. The van der Waals surface area contributed by atoms with Gasteiger partial charge in [0.25, 0.3) is 0 Å². The monoisotopic (exact) mass is 457 g/mol. The summed E-state index contributed by atoms with van der Waals surface area (Å²) in [5, 5.41) is 18.7. The van der Waals surface area contributed by atoms with E-state index in [9.17, 15) is 14.9 Å². The molecule has 1 fully saturated rings. The minimum Gasteiger partial charge on any atom is -0.497 e. The van der Waals surface area contributed by atoms with Crippen LogP contribution in [-0.2, 0) is 0 Å². The van der Waals surface area contributed by atoms with Gasteiger partial charge >= 0.3 is 0 Å². The standard InChI is InChI=1S/C26H23N3O5/c1-33-19-11-7-16(8-12-19)22-24(29(31)32)23-21-6-4-3-5-18(21)15-27-28(23)25(22)26(30)17-9-13-20(34-2)14-10-17/h3-15,22-25H,1-2H3/t22-,23+,24+,25+/m1/s1. The first-order valence-corrected chi connectivity index (χ1v) is 10.9. The van der Waals surface area contributed by atoms with Crippen molar-refractivity contribution in [1.29, 1.82) is 0 Å². The van der Waals surface area contributed by atoms with E-state index in [0.717, 1.165) is 11.1 Å². The molecule has 172 valence electrons. The summed E-state index contributed by atoms with van der Waals surface area (Å²) in [6.45, 7) is 0. The summed E-state index contributed by atoms with van der Waals surface area (Å²) >= 11 is 0. The molecule has 8 heteroatoms. The van der Waals surface area contributed by atoms with Crippen LogP contribution in [-0.4, -0.2) is 48.2 Å². The highest BCUT2D eigenvalue weighted by molar-refractivity contribution is 6.01. The highest BCUT2D eigenvalue weighted by atomic mass is 16.6. The van der Waals surface area contributed by atoms with Crippen LogP contribution in [0.25, 0.3) is 0 Å². The third-order valence-corrected chi connectivity index (χ3v) is 6.63. The van der Waals surface area contributed by atoms with Crippen LogP contribution >= 0.6 is 0 Å². The van der Waals surface area contributed by atoms with Gasteiger partial charge < -0.3 is 9.47 Å². The molecule has 0 amide bonds. The number of carbonyl (C=O) groups excluding carboxylic acids is 1. The first-order chi connectivity index (χ1) is 16.5. The van der Waals surface area contributed by atoms with Gasteiger partial charge in [0.15, 0.2) is 5.78 Å². The van der Waals surface area contributed by atoms with Gasteiger partial charge in [-0.2, -0.15) is 5.10 Å². The number of Topliss-reactive ketones (excluding diaryl/α,β-unsaturated/α-hetero) is 1. The van der Waals surface area contributed by atoms with E-state index in [1.165, 1.54) is 0 Å². The first-order valence-electron chi connectivity index (χ1n) is 10.9. The van der Waals surface area contributed by atoms with Gasteiger partial charge in [0, 0.05) is 16.1 Å². The van der Waals surface area contributed by atoms with E-state index in [1.54, 1.807) is 74.0 Å². The molecule has 2 aliphatic heterocycles. The Hall–Kier alpha value is -4.20. The van der Waals surface area contributed by atoms with Crippen molar-refractivity contribution < 1.29 is 19.2 Å². The maximum absolute atomic E-state index is 13.9. The van der Waals surface area contributed by atoms with Gasteiger partial charge in [0.1, 0.15) is 23.6 Å². The van der Waals surface area contributed by atoms with Gasteiger partial charge in [-0.1, -0.05) is 36.4 Å². The molecule has 3 aromatic rings. The van der Waals surface area contributed by atoms with Crippen LogP contribution < -0.4 is 9.47 Å². The fourth-order valence-electron chi connectivity index (χ4n) is 5.04. The van der Waals surface area contributed by atoms with Crippen molar-refractivity contribution in [1.82, 2.24) is 5.01 Å². The summed E-state index contributed by atoms with van der Waals surface area (Å²) in [6, 6.07) is 18.8. The van der Waals surface area contributed by atoms with Gasteiger partial charge in [-0.3, -0.25) is 19.9 Å². The maximum Gasteiger partial charge on any atom is 0.248 e. The number of fused-ring (bicyclic) bond motifs is 3. The Morgan fingerprint density at radius 1 is 0.941 bits per heavy atom. The lowest BCUT2D eigenvalue weighted by atomic mass is 9.82. The smallest absolute Gasteiger partial charge is 0.248 e. The predicted octanol–water partition coefficient (Wildman–Crippen LogP) is 4.09. The summed E-state index contributed by atoms with van der Waals surface area (Å²) < 4.78 is 10.5. The lowest BCUT2D eigenvalue weighted by molar-refractivity contribution is -0.529. The van der Waals surface area contributed by atoms with Crippen LogP contribution in [0.5, 0.6) is 11.5 Å². The normalized spacial score (nSPS) is 22.6. The molecule has 0 aliphatic carbocycles. The van der Waals surface area contributed by atoms with Gasteiger partial charge in [-0.25, -0.2) is 0 Å². The summed E-state index contributed by atoms with van der Waals surface area (Å²) in [6.07, 6.45) is 1.67. The van der Waals surface area contributed by atoms with Crippen molar-refractivity contribution in [2.24, 2.45) is 5.10 Å². The molecule has 0 aromatic heterocycles. The molecule has 5 rings (SSSR count). The lowest BCUT2D eigenvalue weighted by Gasteiger charge is -2.30. The van der Waals surface area contributed by atoms with E-state index in [1.807, 2.05) is 24.3 Å². The summed E-state index contributed by atoms with van der Waals surface area (Å²) in [5.41, 5.74) is 2.75. The Bertz CT molecular complexity index is 1260. The van der Waals surface area contributed by atoms with Crippen molar-refractivity contribution in [2.75, 3.05) is 14.2 Å². The van der Waals surface area contributed by atoms with Crippen molar-refractivity contribution in [3.05, 3.63) is 105 Å². The SMILES string of the molecule is COc1ccc(C(=O)[C@@H]2[C@H](c3ccc(OC)cc3)[C@H]([N+](=O)[O-])[C@@H]3c4ccccc4C=NN23)cc1. The van der Waals surface area contributed by atoms with Crippen LogP contribution in [0.1, 0.15) is 39.0 Å². The van der Waals surface area contributed by atoms with E-state index < -0.39 is 24.0 Å². The quantitative estimate of drug-likeness (QED) is 0.314. The molecule has 2 aliphatic rings. The van der Waals surface area contributed by atoms with E-state index in [2.05, 4.69) is 5.10 Å². The Morgan fingerprint density at radius 3 is 2.18 bits per heavy atom. The molecule has 0 saturated carbocycles. The fourth-order valence-corrected chi connectivity index (χ4v) is 5.04. The predicted molar refractivity (Wildman–Crippen MR) is 126 cm³/mol. The number of carbonyl (C=O) groups is 1. The van der Waals surface area contributed by atoms with E-state index in [0.29, 0.717) is 22.6 Å². The Balaban J connectivity index is 1.67. The second kappa shape index (κ2) is 8.62. The van der Waals surface area contributed by atoms with Crippen LogP contribution in [0.15, 0.2) is 77.9 Å². The van der Waals surface area contributed by atoms with Crippen LogP contribution in [0, 0.1) is 10.1 Å². The molecule has 4 atom stereocenters. The molecule has 0 bridgehead atoms. The molecule has 0 radical (unpaired) electrons. The minimum absolute atomic E-state index is 0.227. The molecule has 8 nitrogen and oxygen atoms in total. The van der Waals surface area contributed by atoms with Crippen molar-refractivity contribution in [3.63, 3.8) is 0 Å². The number of nitrogens with zero attached hydrogens (tertiary/aromatic N) is 3. The molecule has 0 spiro atoms. The molecule has 0 N–H and O–H groups in total. The number of hydrogen-bond donors (Lipinski definition) is 0. The van der Waals surface area contributed by atoms with Crippen molar-refractivity contribution >= 4 is 12.0 Å². The molecule has 34 heavy (non-hydrogen) atoms. The first kappa shape index (κ1) is 21.6. The molecular weight excluding hydrogens is 434 g/mol. The minimum atomic E-state index is -1.07. The molecule has 3 aromatic carbocycles. The second-order valence-corrected chi connectivity index (χ2v) is 8.31.